The Bertz CT molecular complexity index is 581. The van der Waals surface area contributed by atoms with E-state index >= 15 is 0 Å². The smallest absolute Gasteiger partial charge is 0.250 e. The van der Waals surface area contributed by atoms with Crippen LogP contribution in [0.25, 0.3) is 0 Å². The SMILES string of the molecule is Cc1ccc(CN2C[C@H](C(=O)N3CCCCO3)[C@@H]3CCO[C@@H]3C2)o1. The van der Waals surface area contributed by atoms with Gasteiger partial charge in [0.2, 0.25) is 0 Å². The van der Waals surface area contributed by atoms with E-state index in [0.717, 1.165) is 57.0 Å². The van der Waals surface area contributed by atoms with E-state index in [2.05, 4.69) is 4.90 Å². The minimum atomic E-state index is -0.0413. The van der Waals surface area contributed by atoms with Crippen molar-refractivity contribution in [2.24, 2.45) is 11.8 Å². The van der Waals surface area contributed by atoms with E-state index in [0.29, 0.717) is 19.1 Å². The zero-order valence-corrected chi connectivity index (χ0v) is 14.3. The topological polar surface area (TPSA) is 55.2 Å². The highest BCUT2D eigenvalue weighted by atomic mass is 16.7. The van der Waals surface area contributed by atoms with Gasteiger partial charge < -0.3 is 9.15 Å². The first kappa shape index (κ1) is 16.1. The van der Waals surface area contributed by atoms with Gasteiger partial charge in [-0.05, 0) is 38.3 Å². The van der Waals surface area contributed by atoms with Gasteiger partial charge in [0.25, 0.3) is 5.91 Å². The Labute approximate surface area is 142 Å². The summed E-state index contributed by atoms with van der Waals surface area (Å²) in [6.45, 7) is 6.43. The lowest BCUT2D eigenvalue weighted by atomic mass is 9.82. The molecule has 4 heterocycles. The first-order valence-electron chi connectivity index (χ1n) is 9.04. The Morgan fingerprint density at radius 3 is 2.92 bits per heavy atom. The number of fused-ring (bicyclic) bond motifs is 1. The molecule has 0 bridgehead atoms. The number of rotatable bonds is 3. The van der Waals surface area contributed by atoms with Gasteiger partial charge in [-0.2, -0.15) is 0 Å². The average molecular weight is 334 g/mol. The van der Waals surface area contributed by atoms with Gasteiger partial charge in [-0.1, -0.05) is 0 Å². The van der Waals surface area contributed by atoms with Crippen molar-refractivity contribution in [3.8, 4) is 0 Å². The molecule has 3 atom stereocenters. The second kappa shape index (κ2) is 6.86. The number of ether oxygens (including phenoxy) is 1. The van der Waals surface area contributed by atoms with Gasteiger partial charge in [-0.3, -0.25) is 14.5 Å². The molecule has 132 valence electrons. The van der Waals surface area contributed by atoms with Crippen LogP contribution in [0.1, 0.15) is 30.8 Å². The Morgan fingerprint density at radius 1 is 1.25 bits per heavy atom. The van der Waals surface area contributed by atoms with Crippen molar-refractivity contribution in [3.05, 3.63) is 23.7 Å². The quantitative estimate of drug-likeness (QED) is 0.846. The molecule has 0 aliphatic carbocycles. The van der Waals surface area contributed by atoms with Gasteiger partial charge in [0.1, 0.15) is 11.5 Å². The van der Waals surface area contributed by atoms with Gasteiger partial charge in [-0.25, -0.2) is 5.06 Å². The maximum absolute atomic E-state index is 13.0. The Kier molecular flexibility index (Phi) is 4.61. The number of piperidine rings is 1. The fourth-order valence-corrected chi connectivity index (χ4v) is 4.19. The molecule has 0 N–H and O–H groups in total. The van der Waals surface area contributed by atoms with Gasteiger partial charge >= 0.3 is 0 Å². The van der Waals surface area contributed by atoms with Crippen LogP contribution in [0.3, 0.4) is 0 Å². The van der Waals surface area contributed by atoms with Crippen LogP contribution < -0.4 is 0 Å². The molecule has 6 heteroatoms. The zero-order chi connectivity index (χ0) is 16.5. The molecule has 1 aromatic heterocycles. The lowest BCUT2D eigenvalue weighted by molar-refractivity contribution is -0.205. The molecule has 3 aliphatic rings. The summed E-state index contributed by atoms with van der Waals surface area (Å²) >= 11 is 0. The second-order valence-electron chi connectivity index (χ2n) is 7.16. The normalized spacial score (nSPS) is 31.2. The highest BCUT2D eigenvalue weighted by Gasteiger charge is 2.45. The van der Waals surface area contributed by atoms with Crippen molar-refractivity contribution in [3.63, 3.8) is 0 Å². The molecule has 1 amide bonds. The molecule has 0 spiro atoms. The fraction of sp³-hybridized carbons (Fsp3) is 0.722. The molecule has 0 aromatic carbocycles. The van der Waals surface area contributed by atoms with Crippen LogP contribution in [0.15, 0.2) is 16.5 Å². The predicted octanol–water partition coefficient (Wildman–Crippen LogP) is 1.98. The third-order valence-electron chi connectivity index (χ3n) is 5.41. The van der Waals surface area contributed by atoms with Crippen molar-refractivity contribution >= 4 is 5.91 Å². The molecule has 24 heavy (non-hydrogen) atoms. The van der Waals surface area contributed by atoms with E-state index in [-0.39, 0.29) is 17.9 Å². The summed E-state index contributed by atoms with van der Waals surface area (Å²) in [7, 11) is 0. The van der Waals surface area contributed by atoms with E-state index in [9.17, 15) is 4.79 Å². The Morgan fingerprint density at radius 2 is 2.17 bits per heavy atom. The van der Waals surface area contributed by atoms with Crippen LogP contribution in [0.4, 0.5) is 0 Å². The number of likely N-dealkylation sites (tertiary alicyclic amines) is 1. The minimum Gasteiger partial charge on any atom is -0.465 e. The number of hydrogen-bond donors (Lipinski definition) is 0. The summed E-state index contributed by atoms with van der Waals surface area (Å²) in [5, 5.41) is 1.60. The number of amides is 1. The Balaban J connectivity index is 1.47. The molecule has 0 unspecified atom stereocenters. The van der Waals surface area contributed by atoms with E-state index in [1.807, 2.05) is 19.1 Å². The summed E-state index contributed by atoms with van der Waals surface area (Å²) < 4.78 is 11.6. The number of furan rings is 1. The summed E-state index contributed by atoms with van der Waals surface area (Å²) in [5.74, 6) is 2.28. The number of carbonyl (C=O) groups is 1. The fourth-order valence-electron chi connectivity index (χ4n) is 4.19. The van der Waals surface area contributed by atoms with Gasteiger partial charge in [-0.15, -0.1) is 0 Å². The summed E-state index contributed by atoms with van der Waals surface area (Å²) in [4.78, 5) is 20.9. The molecular formula is C18H26N2O4. The highest BCUT2D eigenvalue weighted by molar-refractivity contribution is 5.78. The van der Waals surface area contributed by atoms with Crippen molar-refractivity contribution in [2.45, 2.75) is 38.8 Å². The lowest BCUT2D eigenvalue weighted by Gasteiger charge is -2.41. The van der Waals surface area contributed by atoms with Crippen molar-refractivity contribution in [1.82, 2.24) is 9.96 Å². The lowest BCUT2D eigenvalue weighted by Crippen LogP contribution is -2.53. The van der Waals surface area contributed by atoms with Crippen LogP contribution in [0, 0.1) is 18.8 Å². The molecule has 6 nitrogen and oxygen atoms in total. The van der Waals surface area contributed by atoms with E-state index in [1.54, 1.807) is 5.06 Å². The van der Waals surface area contributed by atoms with Crippen LogP contribution in [-0.4, -0.2) is 54.8 Å². The molecule has 0 saturated carbocycles. The summed E-state index contributed by atoms with van der Waals surface area (Å²) in [6.07, 6.45) is 3.18. The highest BCUT2D eigenvalue weighted by Crippen LogP contribution is 2.35. The first-order valence-corrected chi connectivity index (χ1v) is 9.04. The molecule has 3 saturated heterocycles. The van der Waals surface area contributed by atoms with Gasteiger partial charge in [0.05, 0.1) is 25.2 Å². The van der Waals surface area contributed by atoms with Crippen LogP contribution in [0.2, 0.25) is 0 Å². The van der Waals surface area contributed by atoms with Crippen LogP contribution in [-0.2, 0) is 20.9 Å². The third-order valence-corrected chi connectivity index (χ3v) is 5.41. The zero-order valence-electron chi connectivity index (χ0n) is 14.3. The molecule has 3 fully saturated rings. The average Bonchev–Trinajstić information content (AvgIpc) is 3.23. The van der Waals surface area contributed by atoms with E-state index < -0.39 is 0 Å². The van der Waals surface area contributed by atoms with Crippen molar-refractivity contribution in [1.29, 1.82) is 0 Å². The summed E-state index contributed by atoms with van der Waals surface area (Å²) in [6, 6.07) is 4.00. The molecular weight excluding hydrogens is 308 g/mol. The maximum Gasteiger partial charge on any atom is 0.250 e. The number of nitrogens with zero attached hydrogens (tertiary/aromatic N) is 2. The molecule has 3 aliphatic heterocycles. The van der Waals surface area contributed by atoms with Crippen molar-refractivity contribution in [2.75, 3.05) is 32.8 Å². The standard InChI is InChI=1S/C18H26N2O4/c1-13-4-5-14(24-13)10-19-11-16(15-6-9-22-17(15)12-19)18(21)20-7-2-3-8-23-20/h4-5,15-17H,2-3,6-12H2,1H3/t15-,16-,17+/m0/s1. The molecule has 4 rings (SSSR count). The number of aryl methyl sites for hydroxylation is 1. The van der Waals surface area contributed by atoms with Crippen molar-refractivity contribution < 1.29 is 18.8 Å². The minimum absolute atomic E-state index is 0.0413. The number of hydroxylamine groups is 2. The monoisotopic (exact) mass is 334 g/mol. The van der Waals surface area contributed by atoms with E-state index in [4.69, 9.17) is 14.0 Å². The molecule has 1 aromatic rings. The molecule has 0 radical (unpaired) electrons. The van der Waals surface area contributed by atoms with E-state index in [1.165, 1.54) is 0 Å². The Hall–Kier alpha value is -1.37. The summed E-state index contributed by atoms with van der Waals surface area (Å²) in [5.41, 5.74) is 0. The van der Waals surface area contributed by atoms with Crippen LogP contribution >= 0.6 is 0 Å². The number of hydrogen-bond acceptors (Lipinski definition) is 5. The van der Waals surface area contributed by atoms with Gasteiger partial charge in [0.15, 0.2) is 0 Å². The second-order valence-corrected chi connectivity index (χ2v) is 7.16. The largest absolute Gasteiger partial charge is 0.465 e. The maximum atomic E-state index is 13.0. The van der Waals surface area contributed by atoms with Crippen LogP contribution in [0.5, 0.6) is 0 Å². The predicted molar refractivity (Wildman–Crippen MR) is 87.0 cm³/mol. The van der Waals surface area contributed by atoms with Gasteiger partial charge in [0, 0.05) is 32.2 Å². The first-order chi connectivity index (χ1) is 11.7. The number of carbonyl (C=O) groups excluding carboxylic acids is 1. The third kappa shape index (κ3) is 3.23.